The van der Waals surface area contributed by atoms with E-state index in [4.69, 9.17) is 5.11 Å². The summed E-state index contributed by atoms with van der Waals surface area (Å²) in [6.45, 7) is 0. The van der Waals surface area contributed by atoms with Gasteiger partial charge in [-0.05, 0) is 34.3 Å². The fourth-order valence-electron chi connectivity index (χ4n) is 2.01. The number of fused-ring (bicyclic) bond motifs is 1. The second-order valence-electron chi connectivity index (χ2n) is 3.98. The van der Waals surface area contributed by atoms with E-state index in [9.17, 15) is 4.79 Å². The Labute approximate surface area is 107 Å². The Morgan fingerprint density at radius 2 is 2.29 bits per heavy atom. The van der Waals surface area contributed by atoms with Gasteiger partial charge in [-0.2, -0.15) is 5.10 Å². The number of rotatable bonds is 4. The number of hydrogen-bond donors (Lipinski definition) is 1. The van der Waals surface area contributed by atoms with E-state index in [0.717, 1.165) is 27.5 Å². The maximum atomic E-state index is 10.5. The van der Waals surface area contributed by atoms with E-state index in [1.807, 2.05) is 29.9 Å². The second kappa shape index (κ2) is 4.87. The summed E-state index contributed by atoms with van der Waals surface area (Å²) < 4.78 is 2.66. The Balaban J connectivity index is 2.31. The van der Waals surface area contributed by atoms with Crippen LogP contribution in [0.2, 0.25) is 0 Å². The van der Waals surface area contributed by atoms with Crippen LogP contribution in [-0.4, -0.2) is 20.9 Å². The Morgan fingerprint density at radius 3 is 3.00 bits per heavy atom. The van der Waals surface area contributed by atoms with Gasteiger partial charge in [0.05, 0.1) is 5.52 Å². The van der Waals surface area contributed by atoms with Crippen molar-refractivity contribution in [3.63, 3.8) is 0 Å². The van der Waals surface area contributed by atoms with Crippen molar-refractivity contribution < 1.29 is 9.90 Å². The molecule has 0 saturated heterocycles. The van der Waals surface area contributed by atoms with Crippen LogP contribution in [-0.2, 0) is 18.3 Å². The summed E-state index contributed by atoms with van der Waals surface area (Å²) in [7, 11) is 1.90. The van der Waals surface area contributed by atoms with Crippen molar-refractivity contribution in [3.05, 3.63) is 28.4 Å². The summed E-state index contributed by atoms with van der Waals surface area (Å²) in [4.78, 5) is 10.5. The first-order valence-corrected chi connectivity index (χ1v) is 6.21. The third-order valence-electron chi connectivity index (χ3n) is 2.74. The van der Waals surface area contributed by atoms with E-state index in [-0.39, 0.29) is 6.42 Å². The Morgan fingerprint density at radius 1 is 1.53 bits per heavy atom. The fourth-order valence-corrected chi connectivity index (χ4v) is 2.57. The molecule has 0 spiro atoms. The van der Waals surface area contributed by atoms with Crippen molar-refractivity contribution >= 4 is 32.8 Å². The molecule has 0 amide bonds. The molecule has 5 heteroatoms. The predicted molar refractivity (Wildman–Crippen MR) is 69.0 cm³/mol. The van der Waals surface area contributed by atoms with Gasteiger partial charge in [-0.1, -0.05) is 18.2 Å². The molecule has 1 heterocycles. The highest BCUT2D eigenvalue weighted by atomic mass is 79.9. The smallest absolute Gasteiger partial charge is 0.303 e. The number of para-hydroxylation sites is 1. The van der Waals surface area contributed by atoms with Gasteiger partial charge >= 0.3 is 5.97 Å². The zero-order valence-electron chi connectivity index (χ0n) is 9.48. The van der Waals surface area contributed by atoms with Gasteiger partial charge in [-0.15, -0.1) is 0 Å². The SMILES string of the molecule is Cn1nc(Br)c2cccc(CCCC(=O)O)c21. The van der Waals surface area contributed by atoms with Crippen molar-refractivity contribution in [3.8, 4) is 0 Å². The molecule has 0 atom stereocenters. The summed E-state index contributed by atoms with van der Waals surface area (Å²) in [6, 6.07) is 6.01. The minimum atomic E-state index is -0.747. The number of carboxylic acids is 1. The summed E-state index contributed by atoms with van der Waals surface area (Å²) in [5.41, 5.74) is 2.22. The van der Waals surface area contributed by atoms with Gasteiger partial charge in [0.15, 0.2) is 0 Å². The molecule has 0 bridgehead atoms. The van der Waals surface area contributed by atoms with Crippen LogP contribution in [0, 0.1) is 0 Å². The Bertz CT molecular complexity index is 563. The highest BCUT2D eigenvalue weighted by molar-refractivity contribution is 9.10. The van der Waals surface area contributed by atoms with E-state index >= 15 is 0 Å². The highest BCUT2D eigenvalue weighted by Gasteiger charge is 2.10. The van der Waals surface area contributed by atoms with E-state index in [1.165, 1.54) is 0 Å². The molecule has 4 nitrogen and oxygen atoms in total. The van der Waals surface area contributed by atoms with Crippen LogP contribution in [0.15, 0.2) is 22.8 Å². The van der Waals surface area contributed by atoms with Gasteiger partial charge in [-0.3, -0.25) is 9.48 Å². The van der Waals surface area contributed by atoms with Gasteiger partial charge in [0.25, 0.3) is 0 Å². The van der Waals surface area contributed by atoms with Crippen LogP contribution < -0.4 is 0 Å². The zero-order chi connectivity index (χ0) is 12.4. The maximum Gasteiger partial charge on any atom is 0.303 e. The van der Waals surface area contributed by atoms with Crippen LogP contribution >= 0.6 is 15.9 Å². The van der Waals surface area contributed by atoms with Crippen molar-refractivity contribution in [2.75, 3.05) is 0 Å². The molecule has 0 aliphatic carbocycles. The van der Waals surface area contributed by atoms with E-state index in [1.54, 1.807) is 0 Å². The number of nitrogens with zero attached hydrogens (tertiary/aromatic N) is 2. The number of carboxylic acid groups (broad SMARTS) is 1. The van der Waals surface area contributed by atoms with E-state index in [2.05, 4.69) is 21.0 Å². The molecule has 90 valence electrons. The standard InChI is InChI=1S/C12H13BrN2O2/c1-15-11-8(5-3-7-10(16)17)4-2-6-9(11)12(13)14-15/h2,4,6H,3,5,7H2,1H3,(H,16,17). The average Bonchev–Trinajstić information content (AvgIpc) is 2.55. The molecule has 1 aromatic heterocycles. The Hall–Kier alpha value is -1.36. The van der Waals surface area contributed by atoms with Gasteiger partial charge in [-0.25, -0.2) is 0 Å². The van der Waals surface area contributed by atoms with Crippen molar-refractivity contribution in [1.29, 1.82) is 0 Å². The largest absolute Gasteiger partial charge is 0.481 e. The molecule has 0 fully saturated rings. The molecule has 1 aromatic carbocycles. The summed E-state index contributed by atoms with van der Waals surface area (Å²) >= 11 is 3.42. The van der Waals surface area contributed by atoms with E-state index < -0.39 is 5.97 Å². The average molecular weight is 297 g/mol. The first-order chi connectivity index (χ1) is 8.09. The third kappa shape index (κ3) is 2.49. The zero-order valence-corrected chi connectivity index (χ0v) is 11.1. The number of benzene rings is 1. The van der Waals surface area contributed by atoms with Crippen LogP contribution in [0.25, 0.3) is 10.9 Å². The number of hydrogen-bond acceptors (Lipinski definition) is 2. The lowest BCUT2D eigenvalue weighted by Gasteiger charge is -2.03. The molecule has 2 aromatic rings. The second-order valence-corrected chi connectivity index (χ2v) is 4.73. The van der Waals surface area contributed by atoms with Gasteiger partial charge in [0, 0.05) is 18.9 Å². The number of aryl methyl sites for hydroxylation is 2. The molecule has 1 N–H and O–H groups in total. The predicted octanol–water partition coefficient (Wildman–Crippen LogP) is 2.74. The van der Waals surface area contributed by atoms with E-state index in [0.29, 0.717) is 6.42 Å². The van der Waals surface area contributed by atoms with Gasteiger partial charge in [0.1, 0.15) is 4.60 Å². The number of halogens is 1. The van der Waals surface area contributed by atoms with Crippen LogP contribution in [0.3, 0.4) is 0 Å². The minimum Gasteiger partial charge on any atom is -0.481 e. The lowest BCUT2D eigenvalue weighted by molar-refractivity contribution is -0.137. The third-order valence-corrected chi connectivity index (χ3v) is 3.33. The summed E-state index contributed by atoms with van der Waals surface area (Å²) in [5.74, 6) is -0.747. The van der Waals surface area contributed by atoms with Gasteiger partial charge in [0.2, 0.25) is 0 Å². The Kier molecular flexibility index (Phi) is 3.47. The molecular formula is C12H13BrN2O2. The lowest BCUT2D eigenvalue weighted by Crippen LogP contribution is -1.98. The number of aromatic nitrogens is 2. The maximum absolute atomic E-state index is 10.5. The first kappa shape index (κ1) is 12.1. The molecule has 0 aliphatic heterocycles. The molecule has 17 heavy (non-hydrogen) atoms. The monoisotopic (exact) mass is 296 g/mol. The summed E-state index contributed by atoms with van der Waals surface area (Å²) in [5, 5.41) is 14.0. The van der Waals surface area contributed by atoms with Crippen LogP contribution in [0.5, 0.6) is 0 Å². The lowest BCUT2D eigenvalue weighted by atomic mass is 10.1. The molecular weight excluding hydrogens is 284 g/mol. The molecule has 0 aliphatic rings. The molecule has 0 saturated carbocycles. The van der Waals surface area contributed by atoms with Crippen molar-refractivity contribution in [2.24, 2.45) is 7.05 Å². The van der Waals surface area contributed by atoms with Gasteiger partial charge < -0.3 is 5.11 Å². The summed E-state index contributed by atoms with van der Waals surface area (Å²) in [6.07, 6.45) is 1.61. The fraction of sp³-hybridized carbons (Fsp3) is 0.333. The van der Waals surface area contributed by atoms with Crippen molar-refractivity contribution in [1.82, 2.24) is 9.78 Å². The highest BCUT2D eigenvalue weighted by Crippen LogP contribution is 2.26. The molecule has 0 radical (unpaired) electrons. The minimum absolute atomic E-state index is 0.204. The first-order valence-electron chi connectivity index (χ1n) is 5.41. The van der Waals surface area contributed by atoms with Crippen LogP contribution in [0.1, 0.15) is 18.4 Å². The molecule has 2 rings (SSSR count). The number of aliphatic carboxylic acids is 1. The topological polar surface area (TPSA) is 55.1 Å². The number of carbonyl (C=O) groups is 1. The van der Waals surface area contributed by atoms with Crippen molar-refractivity contribution in [2.45, 2.75) is 19.3 Å². The quantitative estimate of drug-likeness (QED) is 0.944. The van der Waals surface area contributed by atoms with Crippen LogP contribution in [0.4, 0.5) is 0 Å². The molecule has 0 unspecified atom stereocenters. The normalized spacial score (nSPS) is 10.9.